The molecule has 4 rings (SSSR count). The van der Waals surface area contributed by atoms with Crippen molar-refractivity contribution in [3.8, 4) is 16.9 Å². The van der Waals surface area contributed by atoms with Gasteiger partial charge in [-0.3, -0.25) is 9.20 Å². The molecular formula is C22H21N5O4. The molecule has 0 aliphatic carbocycles. The Labute approximate surface area is 178 Å². The molecule has 31 heavy (non-hydrogen) atoms. The summed E-state index contributed by atoms with van der Waals surface area (Å²) in [4.78, 5) is 32.7. The lowest BCUT2D eigenvalue weighted by molar-refractivity contribution is -0.140. The van der Waals surface area contributed by atoms with Crippen LogP contribution in [-0.2, 0) is 14.3 Å². The molecule has 0 spiro atoms. The smallest absolute Gasteiger partial charge is 0.339 e. The molecule has 0 bridgehead atoms. The quantitative estimate of drug-likeness (QED) is 0.460. The standard InChI is InChI=1S/C22H21N5O4/c1-3-31-19(28)12-24-21-20(15-4-7-17(8-5-15)26-11-10-23-14-26)25-18-9-6-16(13-27(18)21)22(29)30-2/h4-11,13-14,24H,3,12H2,1-2H3. The third-order valence-electron chi connectivity index (χ3n) is 4.69. The molecule has 0 fully saturated rings. The van der Waals surface area contributed by atoms with Gasteiger partial charge in [0.25, 0.3) is 0 Å². The van der Waals surface area contributed by atoms with Gasteiger partial charge in [-0.1, -0.05) is 12.1 Å². The highest BCUT2D eigenvalue weighted by molar-refractivity contribution is 5.90. The predicted octanol–water partition coefficient (Wildman–Crippen LogP) is 2.95. The fraction of sp³-hybridized carbons (Fsp3) is 0.182. The zero-order valence-corrected chi connectivity index (χ0v) is 17.1. The van der Waals surface area contributed by atoms with Gasteiger partial charge in [0, 0.05) is 29.8 Å². The van der Waals surface area contributed by atoms with E-state index < -0.39 is 5.97 Å². The first-order valence-corrected chi connectivity index (χ1v) is 9.69. The Balaban J connectivity index is 1.76. The van der Waals surface area contributed by atoms with Crippen molar-refractivity contribution in [1.82, 2.24) is 18.9 Å². The van der Waals surface area contributed by atoms with E-state index in [1.807, 2.05) is 35.0 Å². The molecule has 3 aromatic heterocycles. The van der Waals surface area contributed by atoms with Crippen LogP contribution in [-0.4, -0.2) is 51.1 Å². The third kappa shape index (κ3) is 4.11. The van der Waals surface area contributed by atoms with Gasteiger partial charge in [0.15, 0.2) is 0 Å². The maximum Gasteiger partial charge on any atom is 0.339 e. The van der Waals surface area contributed by atoms with Crippen LogP contribution >= 0.6 is 0 Å². The number of nitrogens with one attached hydrogen (secondary N) is 1. The van der Waals surface area contributed by atoms with Gasteiger partial charge < -0.3 is 19.4 Å². The molecule has 1 N–H and O–H groups in total. The number of nitrogens with zero attached hydrogens (tertiary/aromatic N) is 4. The number of benzene rings is 1. The van der Waals surface area contributed by atoms with Gasteiger partial charge >= 0.3 is 11.9 Å². The van der Waals surface area contributed by atoms with Gasteiger partial charge in [-0.25, -0.2) is 14.8 Å². The molecule has 0 aliphatic rings. The van der Waals surface area contributed by atoms with Gasteiger partial charge in [-0.2, -0.15) is 0 Å². The van der Waals surface area contributed by atoms with E-state index in [2.05, 4.69) is 10.3 Å². The zero-order valence-electron chi connectivity index (χ0n) is 17.1. The number of hydrogen-bond acceptors (Lipinski definition) is 7. The summed E-state index contributed by atoms with van der Waals surface area (Å²) in [5.74, 6) is -0.273. The van der Waals surface area contributed by atoms with Crippen LogP contribution in [0.3, 0.4) is 0 Å². The molecule has 0 saturated carbocycles. The molecule has 0 saturated heterocycles. The first kappa shape index (κ1) is 20.1. The number of hydrogen-bond donors (Lipinski definition) is 1. The minimum absolute atomic E-state index is 0.0375. The number of ether oxygens (including phenoxy) is 2. The van der Waals surface area contributed by atoms with E-state index in [0.29, 0.717) is 29.3 Å². The van der Waals surface area contributed by atoms with Crippen molar-refractivity contribution >= 4 is 23.4 Å². The number of anilines is 1. The van der Waals surface area contributed by atoms with E-state index in [-0.39, 0.29) is 12.5 Å². The summed E-state index contributed by atoms with van der Waals surface area (Å²) in [6.07, 6.45) is 6.93. The molecule has 3 heterocycles. The summed E-state index contributed by atoms with van der Waals surface area (Å²) >= 11 is 0. The van der Waals surface area contributed by atoms with Gasteiger partial charge in [-0.15, -0.1) is 0 Å². The van der Waals surface area contributed by atoms with Crippen molar-refractivity contribution in [1.29, 1.82) is 0 Å². The number of carbonyl (C=O) groups excluding carboxylic acids is 2. The van der Waals surface area contributed by atoms with Crippen LogP contribution < -0.4 is 5.32 Å². The Kier molecular flexibility index (Phi) is 5.65. The van der Waals surface area contributed by atoms with Crippen molar-refractivity contribution in [2.24, 2.45) is 0 Å². The van der Waals surface area contributed by atoms with Crippen molar-refractivity contribution in [3.63, 3.8) is 0 Å². The number of imidazole rings is 2. The number of carbonyl (C=O) groups is 2. The maximum absolute atomic E-state index is 12.0. The molecule has 0 aliphatic heterocycles. The van der Waals surface area contributed by atoms with Crippen molar-refractivity contribution in [3.05, 3.63) is 66.9 Å². The fourth-order valence-corrected chi connectivity index (χ4v) is 3.22. The molecule has 0 unspecified atom stereocenters. The van der Waals surface area contributed by atoms with E-state index in [1.54, 1.807) is 42.2 Å². The number of methoxy groups -OCH3 is 1. The highest BCUT2D eigenvalue weighted by Crippen LogP contribution is 2.30. The van der Waals surface area contributed by atoms with Crippen molar-refractivity contribution in [2.45, 2.75) is 6.92 Å². The lowest BCUT2D eigenvalue weighted by Crippen LogP contribution is -2.18. The number of fused-ring (bicyclic) bond motifs is 1. The molecular weight excluding hydrogens is 398 g/mol. The number of esters is 2. The molecule has 0 amide bonds. The SMILES string of the molecule is CCOC(=O)CNc1c(-c2ccc(-n3ccnc3)cc2)nc2ccc(C(=O)OC)cn12. The normalized spacial score (nSPS) is 10.8. The summed E-state index contributed by atoms with van der Waals surface area (Å²) in [6.45, 7) is 2.01. The molecule has 1 aromatic carbocycles. The van der Waals surface area contributed by atoms with Gasteiger partial charge in [0.05, 0.1) is 25.6 Å². The third-order valence-corrected chi connectivity index (χ3v) is 4.69. The predicted molar refractivity (Wildman–Crippen MR) is 114 cm³/mol. The first-order valence-electron chi connectivity index (χ1n) is 9.69. The Morgan fingerprint density at radius 1 is 1.13 bits per heavy atom. The Morgan fingerprint density at radius 2 is 1.94 bits per heavy atom. The van der Waals surface area contributed by atoms with E-state index in [9.17, 15) is 9.59 Å². The zero-order chi connectivity index (χ0) is 21.8. The topological polar surface area (TPSA) is 99.7 Å². The maximum atomic E-state index is 12.0. The van der Waals surface area contributed by atoms with E-state index in [4.69, 9.17) is 14.5 Å². The Bertz CT molecular complexity index is 1210. The van der Waals surface area contributed by atoms with Crippen LogP contribution in [0, 0.1) is 0 Å². The van der Waals surface area contributed by atoms with Crippen LogP contribution in [0.15, 0.2) is 61.3 Å². The summed E-state index contributed by atoms with van der Waals surface area (Å²) in [6, 6.07) is 11.2. The van der Waals surface area contributed by atoms with Crippen LogP contribution in [0.25, 0.3) is 22.6 Å². The average Bonchev–Trinajstić information content (AvgIpc) is 3.45. The molecule has 9 nitrogen and oxygen atoms in total. The molecule has 158 valence electrons. The Morgan fingerprint density at radius 3 is 2.61 bits per heavy atom. The van der Waals surface area contributed by atoms with Gasteiger partial charge in [-0.05, 0) is 31.2 Å². The number of pyridine rings is 1. The monoisotopic (exact) mass is 419 g/mol. The molecule has 9 heteroatoms. The summed E-state index contributed by atoms with van der Waals surface area (Å²) in [7, 11) is 1.33. The van der Waals surface area contributed by atoms with Crippen LogP contribution in [0.5, 0.6) is 0 Å². The summed E-state index contributed by atoms with van der Waals surface area (Å²) < 4.78 is 13.5. The van der Waals surface area contributed by atoms with Crippen molar-refractivity contribution < 1.29 is 19.1 Å². The number of rotatable bonds is 7. The van der Waals surface area contributed by atoms with Crippen LogP contribution in [0.2, 0.25) is 0 Å². The second kappa shape index (κ2) is 8.70. The summed E-state index contributed by atoms with van der Waals surface area (Å²) in [5, 5.41) is 3.10. The molecule has 0 atom stereocenters. The lowest BCUT2D eigenvalue weighted by Gasteiger charge is -2.10. The highest BCUT2D eigenvalue weighted by Gasteiger charge is 2.17. The van der Waals surface area contributed by atoms with E-state index in [1.165, 1.54) is 7.11 Å². The molecule has 4 aromatic rings. The van der Waals surface area contributed by atoms with Crippen LogP contribution in [0.1, 0.15) is 17.3 Å². The first-order chi connectivity index (χ1) is 15.1. The van der Waals surface area contributed by atoms with Crippen LogP contribution in [0.4, 0.5) is 5.82 Å². The highest BCUT2D eigenvalue weighted by atomic mass is 16.5. The van der Waals surface area contributed by atoms with Gasteiger partial charge in [0.2, 0.25) is 0 Å². The Hall–Kier alpha value is -4.14. The lowest BCUT2D eigenvalue weighted by atomic mass is 10.1. The average molecular weight is 419 g/mol. The molecule has 0 radical (unpaired) electrons. The van der Waals surface area contributed by atoms with E-state index >= 15 is 0 Å². The van der Waals surface area contributed by atoms with E-state index in [0.717, 1.165) is 11.3 Å². The largest absolute Gasteiger partial charge is 0.465 e. The number of aromatic nitrogens is 4. The summed E-state index contributed by atoms with van der Waals surface area (Å²) in [5.41, 5.74) is 3.43. The fourth-order valence-electron chi connectivity index (χ4n) is 3.22. The second-order valence-electron chi connectivity index (χ2n) is 6.62. The minimum atomic E-state index is -0.460. The second-order valence-corrected chi connectivity index (χ2v) is 6.62. The van der Waals surface area contributed by atoms with Gasteiger partial charge in [0.1, 0.15) is 23.7 Å². The van der Waals surface area contributed by atoms with Crippen molar-refractivity contribution in [2.75, 3.05) is 25.6 Å². The minimum Gasteiger partial charge on any atom is -0.465 e.